The molecule has 4 saturated carbocycles. The minimum absolute atomic E-state index is 0.0859. The van der Waals surface area contributed by atoms with Gasteiger partial charge in [-0.3, -0.25) is 5.04 Å². The van der Waals surface area contributed by atoms with E-state index < -0.39 is 33.1 Å². The summed E-state index contributed by atoms with van der Waals surface area (Å²) in [6.45, 7) is 12.6. The molecule has 45 heavy (non-hydrogen) atoms. The molecule has 9 atom stereocenters. The summed E-state index contributed by atoms with van der Waals surface area (Å²) in [6, 6.07) is 0. The number of fused-ring (bicyclic) bond motifs is 5. The molecule has 4 fully saturated rings. The first-order valence-corrected chi connectivity index (χ1v) is 18.9. The summed E-state index contributed by atoms with van der Waals surface area (Å²) in [5.74, 6) is -0.611. The van der Waals surface area contributed by atoms with Gasteiger partial charge in [0.25, 0.3) is 0 Å². The van der Waals surface area contributed by atoms with Gasteiger partial charge < -0.3 is 9.99 Å². The summed E-state index contributed by atoms with van der Waals surface area (Å²) in [5, 5.41) is 13.0. The Balaban J connectivity index is 1.13. The lowest BCUT2D eigenvalue weighted by Crippen LogP contribution is -2.54. The van der Waals surface area contributed by atoms with Crippen molar-refractivity contribution in [2.75, 3.05) is 12.4 Å². The van der Waals surface area contributed by atoms with Crippen molar-refractivity contribution >= 4 is 23.8 Å². The molecule has 0 amide bonds. The summed E-state index contributed by atoms with van der Waals surface area (Å²) in [7, 11) is 0. The maximum atomic E-state index is 14.5. The molecule has 0 radical (unpaired) electrons. The summed E-state index contributed by atoms with van der Waals surface area (Å²) >= 11 is 0.461. The average Bonchev–Trinajstić information content (AvgIpc) is 3.37. The average molecular weight is 676 g/mol. The van der Waals surface area contributed by atoms with E-state index in [1.54, 1.807) is 0 Å². The molecule has 0 saturated heterocycles. The second-order valence-corrected chi connectivity index (χ2v) is 17.3. The van der Waals surface area contributed by atoms with Gasteiger partial charge in [0.2, 0.25) is 0 Å². The molecule has 0 bridgehead atoms. The number of ether oxygens (including phenoxy) is 1. The lowest BCUT2D eigenvalue weighted by atomic mass is 9.44. The zero-order chi connectivity index (χ0) is 32.5. The zero-order valence-corrected chi connectivity index (χ0v) is 29.1. The number of rotatable bonds is 13. The van der Waals surface area contributed by atoms with Gasteiger partial charge >= 0.3 is 0 Å². The highest BCUT2D eigenvalue weighted by atomic mass is 32.2. The fraction of sp³-hybridized carbons (Fsp3) is 0.829. The van der Waals surface area contributed by atoms with Crippen molar-refractivity contribution in [3.63, 3.8) is 0 Å². The predicted octanol–water partition coefficient (Wildman–Crippen LogP) is 10.1. The van der Waals surface area contributed by atoms with Gasteiger partial charge in [-0.05, 0) is 110 Å². The van der Waals surface area contributed by atoms with Gasteiger partial charge in [0.15, 0.2) is 23.3 Å². The van der Waals surface area contributed by atoms with Crippen molar-refractivity contribution < 1.29 is 36.9 Å². The highest BCUT2D eigenvalue weighted by molar-refractivity contribution is 7.99. The van der Waals surface area contributed by atoms with Crippen LogP contribution in [0.5, 0.6) is 0 Å². The van der Waals surface area contributed by atoms with E-state index in [0.29, 0.717) is 28.5 Å². The van der Waals surface area contributed by atoms with Crippen LogP contribution in [0.25, 0.3) is 0 Å². The summed E-state index contributed by atoms with van der Waals surface area (Å²) in [5.41, 5.74) is 0.824. The van der Waals surface area contributed by atoms with E-state index >= 15 is 0 Å². The summed E-state index contributed by atoms with van der Waals surface area (Å²) in [4.78, 5) is -1.86. The first kappa shape index (κ1) is 35.8. The molecule has 0 N–H and O–H groups in total. The molecule has 0 spiro atoms. The van der Waals surface area contributed by atoms with Crippen molar-refractivity contribution in [3.8, 4) is 0 Å². The van der Waals surface area contributed by atoms with Crippen molar-refractivity contribution in [2.24, 2.45) is 52.3 Å². The Morgan fingerprint density at radius 3 is 2.18 bits per heavy atom. The number of thioether (sulfide) groups is 1. The smallest absolute Gasteiger partial charge is 0.179 e. The standard InChI is InChI=1S/C35H52F4O4S2/c1-20(2)7-6-8-21(3)25-11-12-26-24-10-9-22-19-23(13-15-34(22,4)27(24)14-16-35(25,26)5)41-17-18-44-32-28(36)30(38)33(45-43-42-40)31(39)29(32)37/h20-27,40H,6-19H2,1-5H3/p-1/t21?,22?,23-,24?,25?,26?,27?,34-,35+/m0/s1. The van der Waals surface area contributed by atoms with Gasteiger partial charge in [-0.2, -0.15) is 4.33 Å². The molecule has 1 aromatic carbocycles. The summed E-state index contributed by atoms with van der Waals surface area (Å²) in [6.07, 6.45) is 15.4. The first-order valence-electron chi connectivity index (χ1n) is 17.2. The van der Waals surface area contributed by atoms with Crippen molar-refractivity contribution in [2.45, 2.75) is 128 Å². The van der Waals surface area contributed by atoms with Crippen molar-refractivity contribution in [3.05, 3.63) is 23.3 Å². The normalized spacial score (nSPS) is 35.3. The van der Waals surface area contributed by atoms with Crippen LogP contribution < -0.4 is 5.26 Å². The maximum Gasteiger partial charge on any atom is 0.179 e. The van der Waals surface area contributed by atoms with Gasteiger partial charge in [0.1, 0.15) is 4.90 Å². The molecule has 6 unspecified atom stereocenters. The molecule has 4 nitrogen and oxygen atoms in total. The Hall–Kier alpha value is -0.520. The first-order chi connectivity index (χ1) is 21.4. The van der Waals surface area contributed by atoms with E-state index in [2.05, 4.69) is 44.0 Å². The van der Waals surface area contributed by atoms with Crippen LogP contribution >= 0.6 is 23.8 Å². The van der Waals surface area contributed by atoms with Crippen LogP contribution in [0.4, 0.5) is 17.6 Å². The minimum Gasteiger partial charge on any atom is -0.691 e. The van der Waals surface area contributed by atoms with E-state index in [4.69, 9.17) is 4.74 Å². The van der Waals surface area contributed by atoms with Gasteiger partial charge in [-0.15, -0.1) is 11.8 Å². The Kier molecular flexibility index (Phi) is 11.9. The molecular formula is C35H51F4O4S2-. The Bertz CT molecular complexity index is 1140. The number of hydrogen-bond acceptors (Lipinski definition) is 6. The van der Waals surface area contributed by atoms with Crippen LogP contribution in [-0.2, 0) is 14.1 Å². The molecule has 0 heterocycles. The van der Waals surface area contributed by atoms with E-state index in [1.807, 2.05) is 0 Å². The third-order valence-electron chi connectivity index (χ3n) is 12.8. The highest BCUT2D eigenvalue weighted by Crippen LogP contribution is 2.68. The van der Waals surface area contributed by atoms with Crippen LogP contribution in [0.2, 0.25) is 0 Å². The second-order valence-electron chi connectivity index (χ2n) is 15.4. The van der Waals surface area contributed by atoms with Crippen LogP contribution in [0, 0.1) is 75.5 Å². The van der Waals surface area contributed by atoms with Crippen molar-refractivity contribution in [1.29, 1.82) is 0 Å². The third kappa shape index (κ3) is 7.12. The molecule has 10 heteroatoms. The van der Waals surface area contributed by atoms with Crippen LogP contribution in [-0.4, -0.2) is 18.5 Å². The Labute approximate surface area is 275 Å². The number of hydrogen-bond donors (Lipinski definition) is 0. The number of benzene rings is 1. The molecule has 4 aliphatic rings. The van der Waals surface area contributed by atoms with Gasteiger partial charge in [0, 0.05) is 5.75 Å². The molecule has 0 aliphatic heterocycles. The van der Waals surface area contributed by atoms with Crippen molar-refractivity contribution in [1.82, 2.24) is 0 Å². The predicted molar refractivity (Wildman–Crippen MR) is 168 cm³/mol. The van der Waals surface area contributed by atoms with Crippen LogP contribution in [0.15, 0.2) is 9.79 Å². The summed E-state index contributed by atoms with van der Waals surface area (Å²) < 4.78 is 67.6. The van der Waals surface area contributed by atoms with Gasteiger partial charge in [0.05, 0.1) is 29.6 Å². The third-order valence-corrected chi connectivity index (χ3v) is 14.5. The molecule has 0 aromatic heterocycles. The molecule has 256 valence electrons. The second kappa shape index (κ2) is 14.9. The Morgan fingerprint density at radius 1 is 0.822 bits per heavy atom. The van der Waals surface area contributed by atoms with Gasteiger partial charge in [-0.1, -0.05) is 53.9 Å². The monoisotopic (exact) mass is 675 g/mol. The molecule has 4 aliphatic carbocycles. The molecular weight excluding hydrogens is 625 g/mol. The zero-order valence-electron chi connectivity index (χ0n) is 27.5. The minimum atomic E-state index is -1.63. The highest BCUT2D eigenvalue weighted by Gasteiger charge is 2.60. The quantitative estimate of drug-likeness (QED) is 0.0395. The van der Waals surface area contributed by atoms with Gasteiger partial charge in [-0.25, -0.2) is 17.6 Å². The van der Waals surface area contributed by atoms with Crippen LogP contribution in [0.1, 0.15) is 112 Å². The lowest BCUT2D eigenvalue weighted by molar-refractivity contribution is -0.777. The lowest BCUT2D eigenvalue weighted by Gasteiger charge is -2.61. The fourth-order valence-electron chi connectivity index (χ4n) is 10.6. The maximum absolute atomic E-state index is 14.5. The van der Waals surface area contributed by atoms with E-state index in [9.17, 15) is 22.8 Å². The Morgan fingerprint density at radius 2 is 1.49 bits per heavy atom. The molecule has 1 aromatic rings. The topological polar surface area (TPSA) is 50.8 Å². The van der Waals surface area contributed by atoms with E-state index in [1.165, 1.54) is 57.8 Å². The van der Waals surface area contributed by atoms with Crippen LogP contribution in [0.3, 0.4) is 0 Å². The SMILES string of the molecule is CC(C)CCCC(C)C1CCC2C3CCC4C[C@@H](OCCSc5c(F)c(F)c(SOO[O-])c(F)c5F)CC[C@]4(C)C3CC[C@]12C. The molecule has 5 rings (SSSR count). The largest absolute Gasteiger partial charge is 0.691 e. The van der Waals surface area contributed by atoms with E-state index in [0.717, 1.165) is 54.8 Å². The number of halogens is 4. The fourth-order valence-corrected chi connectivity index (χ4v) is 11.8. The van der Waals surface area contributed by atoms with E-state index in [-0.39, 0.29) is 30.5 Å².